The number of hydrogen-bond donors (Lipinski definition) is 0. The second-order valence-electron chi connectivity index (χ2n) is 12.8. The first-order chi connectivity index (χ1) is 24.2. The van der Waals surface area contributed by atoms with Gasteiger partial charge in [0.25, 0.3) is 0 Å². The third-order valence-corrected chi connectivity index (χ3v) is 12.3. The highest BCUT2D eigenvalue weighted by molar-refractivity contribution is 7.80. The van der Waals surface area contributed by atoms with Gasteiger partial charge in [0, 0.05) is 10.9 Å². The Labute approximate surface area is 292 Å². The van der Waals surface area contributed by atoms with E-state index in [-0.39, 0.29) is 0 Å². The minimum atomic E-state index is -1.21. The zero-order valence-corrected chi connectivity index (χ0v) is 29.3. The fourth-order valence-corrected chi connectivity index (χ4v) is 10.2. The summed E-state index contributed by atoms with van der Waals surface area (Å²) in [7, 11) is 1.39. The molecule has 7 rings (SSSR count). The molecule has 0 amide bonds. The smallest absolute Gasteiger partial charge is 0.496 e. The lowest BCUT2D eigenvalue weighted by Crippen LogP contribution is -2.38. The quantitative estimate of drug-likeness (QED) is 0.0924. The van der Waals surface area contributed by atoms with Crippen molar-refractivity contribution in [2.45, 2.75) is 63.2 Å². The van der Waals surface area contributed by atoms with E-state index in [9.17, 15) is 0 Å². The Bertz CT molecular complexity index is 1750. The first kappa shape index (κ1) is 33.1. The Morgan fingerprint density at radius 2 is 1.08 bits per heavy atom. The highest BCUT2D eigenvalue weighted by atomic mass is 31.1. The zero-order chi connectivity index (χ0) is 33.4. The van der Waals surface area contributed by atoms with Crippen LogP contribution in [0.3, 0.4) is 0 Å². The Morgan fingerprint density at radius 1 is 0.551 bits per heavy atom. The van der Waals surface area contributed by atoms with E-state index in [1.54, 1.807) is 7.11 Å². The lowest BCUT2D eigenvalue weighted by atomic mass is 9.84. The Morgan fingerprint density at radius 3 is 1.65 bits per heavy atom. The summed E-state index contributed by atoms with van der Waals surface area (Å²) in [4.78, 5) is 0. The van der Waals surface area contributed by atoms with Crippen LogP contribution in [0.15, 0.2) is 121 Å². The van der Waals surface area contributed by atoms with Gasteiger partial charge in [0.1, 0.15) is 28.7 Å². The standard InChI is InChI=1S/C42H44BO5P/c1-44-38-30-36(31-18-12-13-19-31)40(32-20-14-15-21-32)41(45-2)42(38)49(35-26-10-5-11-27-35)39-29-17-16-28-37(39)48-43(46-33-22-6-3-7-23-33)47-34-24-8-4-9-25-34/h3-11,16-17,22-32H,12-15,18-21H2,1-2H3. The van der Waals surface area contributed by atoms with Crippen LogP contribution in [-0.4, -0.2) is 21.5 Å². The molecule has 0 aliphatic heterocycles. The summed E-state index contributed by atoms with van der Waals surface area (Å²) >= 11 is 0. The van der Waals surface area contributed by atoms with Crippen LogP contribution in [0.1, 0.15) is 74.3 Å². The molecule has 2 aliphatic rings. The van der Waals surface area contributed by atoms with E-state index in [1.807, 2.05) is 79.9 Å². The molecule has 0 N–H and O–H groups in total. The second kappa shape index (κ2) is 15.9. The van der Waals surface area contributed by atoms with Gasteiger partial charge in [-0.2, -0.15) is 0 Å². The fourth-order valence-electron chi connectivity index (χ4n) is 7.55. The molecule has 250 valence electrons. The van der Waals surface area contributed by atoms with Crippen molar-refractivity contribution in [1.82, 2.24) is 0 Å². The van der Waals surface area contributed by atoms with Crippen LogP contribution >= 0.6 is 7.92 Å². The summed E-state index contributed by atoms with van der Waals surface area (Å²) < 4.78 is 32.3. The van der Waals surface area contributed by atoms with Gasteiger partial charge in [-0.15, -0.1) is 0 Å². The molecule has 5 nitrogen and oxygen atoms in total. The maximum atomic E-state index is 6.75. The molecule has 49 heavy (non-hydrogen) atoms. The summed E-state index contributed by atoms with van der Waals surface area (Å²) in [6.45, 7) is 0. The van der Waals surface area contributed by atoms with Crippen LogP contribution in [0, 0.1) is 0 Å². The maximum Gasteiger partial charge on any atom is 0.864 e. The lowest BCUT2D eigenvalue weighted by Gasteiger charge is -2.31. The third-order valence-electron chi connectivity index (χ3n) is 9.79. The normalized spacial score (nSPS) is 15.5. The van der Waals surface area contributed by atoms with Crippen LogP contribution < -0.4 is 39.4 Å². The van der Waals surface area contributed by atoms with Crippen molar-refractivity contribution < 1.29 is 23.4 Å². The molecule has 2 fully saturated rings. The molecule has 2 aliphatic carbocycles. The van der Waals surface area contributed by atoms with Gasteiger partial charge in [-0.1, -0.05) is 111 Å². The monoisotopic (exact) mass is 670 g/mol. The molecule has 1 atom stereocenters. The van der Waals surface area contributed by atoms with Crippen molar-refractivity contribution >= 4 is 31.2 Å². The molecule has 1 unspecified atom stereocenters. The highest BCUT2D eigenvalue weighted by Gasteiger charge is 2.37. The molecule has 7 heteroatoms. The second-order valence-corrected chi connectivity index (χ2v) is 14.9. The van der Waals surface area contributed by atoms with Crippen molar-refractivity contribution in [2.75, 3.05) is 14.2 Å². The Kier molecular flexibility index (Phi) is 10.7. The van der Waals surface area contributed by atoms with Gasteiger partial charge in [-0.05, 0) is 92.7 Å². The topological polar surface area (TPSA) is 46.2 Å². The van der Waals surface area contributed by atoms with Crippen molar-refractivity contribution in [3.8, 4) is 28.7 Å². The molecular formula is C42H44BO5P. The van der Waals surface area contributed by atoms with E-state index in [1.165, 1.54) is 67.8 Å². The summed E-state index contributed by atoms with van der Waals surface area (Å²) in [5.74, 6) is 4.87. The van der Waals surface area contributed by atoms with Crippen molar-refractivity contribution in [3.63, 3.8) is 0 Å². The zero-order valence-electron chi connectivity index (χ0n) is 28.4. The van der Waals surface area contributed by atoms with Gasteiger partial charge in [-0.25, -0.2) is 0 Å². The highest BCUT2D eigenvalue weighted by Crippen LogP contribution is 2.52. The molecule has 5 aromatic rings. The number of benzene rings is 5. The first-order valence-corrected chi connectivity index (χ1v) is 18.9. The van der Waals surface area contributed by atoms with E-state index in [0.29, 0.717) is 29.1 Å². The molecular weight excluding hydrogens is 626 g/mol. The van der Waals surface area contributed by atoms with Gasteiger partial charge in [0.05, 0.1) is 19.5 Å². The molecule has 0 aromatic heterocycles. The molecule has 0 saturated heterocycles. The predicted molar refractivity (Wildman–Crippen MR) is 201 cm³/mol. The Hall–Kier alpha value is -4.41. The Balaban J connectivity index is 1.38. The minimum absolute atomic E-state index is 0.484. The first-order valence-electron chi connectivity index (χ1n) is 17.6. The van der Waals surface area contributed by atoms with Gasteiger partial charge in [0.2, 0.25) is 0 Å². The van der Waals surface area contributed by atoms with E-state index in [2.05, 4.69) is 48.5 Å². The molecule has 0 spiro atoms. The largest absolute Gasteiger partial charge is 0.864 e. The molecule has 2 saturated carbocycles. The predicted octanol–water partition coefficient (Wildman–Crippen LogP) is 9.30. The van der Waals surface area contributed by atoms with Crippen LogP contribution in [0.5, 0.6) is 28.7 Å². The van der Waals surface area contributed by atoms with Crippen molar-refractivity contribution in [1.29, 1.82) is 0 Å². The number of hydrogen-bond acceptors (Lipinski definition) is 5. The SMILES string of the molecule is COc1cc(C2CCCC2)c(C2CCCC2)c(OC)c1P(c1ccccc1)c1ccccc1OB(Oc1ccccc1)Oc1ccccc1. The van der Waals surface area contributed by atoms with Crippen molar-refractivity contribution in [3.05, 3.63) is 132 Å². The third kappa shape index (κ3) is 7.45. The van der Waals surface area contributed by atoms with E-state index in [0.717, 1.165) is 22.1 Å². The van der Waals surface area contributed by atoms with Crippen LogP contribution in [-0.2, 0) is 0 Å². The van der Waals surface area contributed by atoms with E-state index < -0.39 is 15.2 Å². The van der Waals surface area contributed by atoms with Crippen molar-refractivity contribution in [2.24, 2.45) is 0 Å². The van der Waals surface area contributed by atoms with Crippen LogP contribution in [0.4, 0.5) is 0 Å². The number of rotatable bonds is 13. The summed E-state index contributed by atoms with van der Waals surface area (Å²) in [5.41, 5.74) is 2.84. The van der Waals surface area contributed by atoms with Gasteiger partial charge in [0.15, 0.2) is 0 Å². The van der Waals surface area contributed by atoms with Crippen LogP contribution in [0.25, 0.3) is 0 Å². The minimum Gasteiger partial charge on any atom is -0.496 e. The average Bonchev–Trinajstić information content (AvgIpc) is 3.89. The molecule has 0 heterocycles. The molecule has 0 radical (unpaired) electrons. The summed E-state index contributed by atoms with van der Waals surface area (Å²) in [6.07, 6.45) is 9.90. The lowest BCUT2D eigenvalue weighted by molar-refractivity contribution is 0.308. The molecule has 0 bridgehead atoms. The maximum absolute atomic E-state index is 6.75. The van der Waals surface area contributed by atoms with E-state index >= 15 is 0 Å². The van der Waals surface area contributed by atoms with Gasteiger partial charge in [-0.3, -0.25) is 0 Å². The fraction of sp³-hybridized carbons (Fsp3) is 0.286. The van der Waals surface area contributed by atoms with Gasteiger partial charge >= 0.3 is 7.32 Å². The summed E-state index contributed by atoms with van der Waals surface area (Å²) in [5, 5.41) is 3.31. The molecule has 5 aromatic carbocycles. The van der Waals surface area contributed by atoms with Gasteiger partial charge < -0.3 is 23.4 Å². The summed E-state index contributed by atoms with van der Waals surface area (Å²) in [6, 6.07) is 40.6. The number of para-hydroxylation sites is 3. The van der Waals surface area contributed by atoms with Crippen LogP contribution in [0.2, 0.25) is 0 Å². The number of methoxy groups -OCH3 is 2. The number of ether oxygens (including phenoxy) is 2. The average molecular weight is 671 g/mol. The van der Waals surface area contributed by atoms with E-state index in [4.69, 9.17) is 23.4 Å².